The molecule has 1 aliphatic rings. The molecule has 0 fully saturated rings. The molecular weight excluding hydrogens is 487 g/mol. The molecule has 3 aromatic rings. The lowest BCUT2D eigenvalue weighted by Crippen LogP contribution is -2.32. The Hall–Kier alpha value is -4.65. The Morgan fingerprint density at radius 2 is 1.70 bits per heavy atom. The maximum absolute atomic E-state index is 13.6. The summed E-state index contributed by atoms with van der Waals surface area (Å²) in [5.41, 5.74) is 1.38. The van der Waals surface area contributed by atoms with E-state index in [1.807, 2.05) is 13.8 Å². The summed E-state index contributed by atoms with van der Waals surface area (Å²) >= 11 is 0. The number of rotatable bonds is 6. The number of carbonyl (C=O) groups is 2. The van der Waals surface area contributed by atoms with Gasteiger partial charge in [-0.15, -0.1) is 29.8 Å². The number of alkyl halides is 3. The fraction of sp³-hybridized carbons (Fsp3) is 0.185. The molecular formula is C27H20F3N3O4. The lowest BCUT2D eigenvalue weighted by Gasteiger charge is -2.25. The van der Waals surface area contributed by atoms with Crippen molar-refractivity contribution < 1.29 is 32.6 Å². The molecule has 0 bridgehead atoms. The second-order valence-electron chi connectivity index (χ2n) is 8.48. The van der Waals surface area contributed by atoms with Gasteiger partial charge in [0.05, 0.1) is 11.6 Å². The molecule has 1 atom stereocenters. The van der Waals surface area contributed by atoms with Crippen LogP contribution in [-0.4, -0.2) is 33.4 Å². The van der Waals surface area contributed by atoms with E-state index in [9.17, 15) is 27.9 Å². The Morgan fingerprint density at radius 3 is 2.22 bits per heavy atom. The number of halogens is 3. The summed E-state index contributed by atoms with van der Waals surface area (Å²) in [5, 5.41) is 18.6. The number of hydrogen-bond acceptors (Lipinski definition) is 6. The molecule has 0 saturated heterocycles. The third-order valence-electron chi connectivity index (χ3n) is 5.77. The van der Waals surface area contributed by atoms with Crippen LogP contribution in [0.2, 0.25) is 0 Å². The molecule has 1 unspecified atom stereocenters. The van der Waals surface area contributed by atoms with Gasteiger partial charge < -0.3 is 9.84 Å². The highest BCUT2D eigenvalue weighted by Gasteiger charge is 2.45. The fourth-order valence-corrected chi connectivity index (χ4v) is 3.95. The van der Waals surface area contributed by atoms with Gasteiger partial charge in [-0.3, -0.25) is 14.5 Å². The first kappa shape index (κ1) is 25.4. The molecule has 1 aliphatic heterocycles. The number of anilines is 1. The molecule has 0 aliphatic carbocycles. The number of ether oxygens (including phenoxy) is 1. The standard InChI is InChI=1S/C27H20F3N3O4/c1-4-19-11-14-21(32-31-19)33-23(17-9-12-20(13-10-17)37-27(28,29)30)22(25(35)26(33)36)24(34)18-7-5-16(6-8-18)15(2)3/h1,5-15,23,35H,2-3H3. The van der Waals surface area contributed by atoms with Crippen LogP contribution in [0.3, 0.4) is 0 Å². The minimum absolute atomic E-state index is 0.0193. The summed E-state index contributed by atoms with van der Waals surface area (Å²) < 4.78 is 41.8. The van der Waals surface area contributed by atoms with Gasteiger partial charge in [-0.2, -0.15) is 0 Å². The number of benzene rings is 2. The summed E-state index contributed by atoms with van der Waals surface area (Å²) in [6.07, 6.45) is 0.420. The van der Waals surface area contributed by atoms with Crippen molar-refractivity contribution in [2.45, 2.75) is 32.2 Å². The van der Waals surface area contributed by atoms with E-state index in [0.29, 0.717) is 0 Å². The average molecular weight is 507 g/mol. The second-order valence-corrected chi connectivity index (χ2v) is 8.48. The van der Waals surface area contributed by atoms with Crippen LogP contribution < -0.4 is 9.64 Å². The molecule has 4 rings (SSSR count). The molecule has 0 spiro atoms. The number of aliphatic hydroxyl groups is 1. The maximum Gasteiger partial charge on any atom is 0.573 e. The van der Waals surface area contributed by atoms with Gasteiger partial charge in [-0.25, -0.2) is 0 Å². The molecule has 1 amide bonds. The highest BCUT2D eigenvalue weighted by atomic mass is 19.4. The van der Waals surface area contributed by atoms with Gasteiger partial charge in [-0.05, 0) is 47.2 Å². The Balaban J connectivity index is 1.80. The monoisotopic (exact) mass is 507 g/mol. The van der Waals surface area contributed by atoms with E-state index in [4.69, 9.17) is 6.42 Å². The molecule has 2 heterocycles. The number of carbonyl (C=O) groups excluding carboxylic acids is 2. The predicted octanol–water partition coefficient (Wildman–Crippen LogP) is 5.26. The molecule has 1 aromatic heterocycles. The number of nitrogens with zero attached hydrogens (tertiary/aromatic N) is 3. The normalized spacial score (nSPS) is 15.8. The lowest BCUT2D eigenvalue weighted by molar-refractivity contribution is -0.274. The van der Waals surface area contributed by atoms with E-state index in [0.717, 1.165) is 22.6 Å². The van der Waals surface area contributed by atoms with Crippen LogP contribution in [0.1, 0.15) is 53.0 Å². The zero-order valence-corrected chi connectivity index (χ0v) is 19.7. The zero-order valence-electron chi connectivity index (χ0n) is 19.7. The Morgan fingerprint density at radius 1 is 1.05 bits per heavy atom. The number of ketones is 1. The topological polar surface area (TPSA) is 92.6 Å². The summed E-state index contributed by atoms with van der Waals surface area (Å²) in [7, 11) is 0. The molecule has 188 valence electrons. The first-order valence-corrected chi connectivity index (χ1v) is 11.1. The van der Waals surface area contributed by atoms with Crippen LogP contribution in [-0.2, 0) is 4.79 Å². The molecule has 10 heteroatoms. The average Bonchev–Trinajstić information content (AvgIpc) is 3.13. The second kappa shape index (κ2) is 9.78. The highest BCUT2D eigenvalue weighted by Crippen LogP contribution is 2.41. The zero-order chi connectivity index (χ0) is 26.9. The van der Waals surface area contributed by atoms with Crippen molar-refractivity contribution in [2.24, 2.45) is 0 Å². The van der Waals surface area contributed by atoms with Gasteiger partial charge in [0.15, 0.2) is 17.4 Å². The first-order valence-electron chi connectivity index (χ1n) is 11.1. The first-order chi connectivity index (χ1) is 17.5. The minimum atomic E-state index is -4.90. The molecule has 7 nitrogen and oxygen atoms in total. The van der Waals surface area contributed by atoms with E-state index < -0.39 is 35.6 Å². The van der Waals surface area contributed by atoms with Crippen molar-refractivity contribution in [3.05, 3.63) is 94.4 Å². The summed E-state index contributed by atoms with van der Waals surface area (Å²) in [5.74, 6) is -0.352. The highest BCUT2D eigenvalue weighted by molar-refractivity contribution is 6.20. The third kappa shape index (κ3) is 5.16. The Labute approximate surface area is 210 Å². The smallest absolute Gasteiger partial charge is 0.503 e. The number of aromatic nitrogens is 2. The lowest BCUT2D eigenvalue weighted by atomic mass is 9.91. The van der Waals surface area contributed by atoms with Crippen molar-refractivity contribution in [3.8, 4) is 18.1 Å². The van der Waals surface area contributed by atoms with Gasteiger partial charge in [0.25, 0.3) is 5.91 Å². The molecule has 0 radical (unpaired) electrons. The number of terminal acetylenes is 1. The van der Waals surface area contributed by atoms with Gasteiger partial charge >= 0.3 is 6.36 Å². The van der Waals surface area contributed by atoms with Gasteiger partial charge in [0, 0.05) is 5.56 Å². The predicted molar refractivity (Wildman–Crippen MR) is 128 cm³/mol. The van der Waals surface area contributed by atoms with Crippen molar-refractivity contribution >= 4 is 17.5 Å². The maximum atomic E-state index is 13.6. The van der Waals surface area contributed by atoms with E-state index in [1.165, 1.54) is 24.3 Å². The van der Waals surface area contributed by atoms with Crippen LogP contribution in [0.5, 0.6) is 5.75 Å². The van der Waals surface area contributed by atoms with E-state index in [-0.39, 0.29) is 34.1 Å². The van der Waals surface area contributed by atoms with Gasteiger partial charge in [0.2, 0.25) is 0 Å². The molecule has 1 N–H and O–H groups in total. The van der Waals surface area contributed by atoms with Gasteiger partial charge in [0.1, 0.15) is 11.4 Å². The van der Waals surface area contributed by atoms with Crippen LogP contribution in [0.15, 0.2) is 72.0 Å². The largest absolute Gasteiger partial charge is 0.573 e. The number of hydrogen-bond donors (Lipinski definition) is 1. The number of Topliss-reactive ketones (excluding diaryl/α,β-unsaturated/α-hetero) is 1. The fourth-order valence-electron chi connectivity index (χ4n) is 3.95. The molecule has 0 saturated carbocycles. The SMILES string of the molecule is C#Cc1ccc(N2C(=O)C(O)=C(C(=O)c3ccc(C(C)C)cc3)C2c2ccc(OC(F)(F)F)cc2)nn1. The summed E-state index contributed by atoms with van der Waals surface area (Å²) in [6.45, 7) is 3.99. The van der Waals surface area contributed by atoms with E-state index in [1.54, 1.807) is 24.3 Å². The number of amides is 1. The molecule has 2 aromatic carbocycles. The van der Waals surface area contributed by atoms with Crippen molar-refractivity contribution in [1.82, 2.24) is 10.2 Å². The molecule has 37 heavy (non-hydrogen) atoms. The van der Waals surface area contributed by atoms with Crippen LogP contribution in [0, 0.1) is 12.3 Å². The minimum Gasteiger partial charge on any atom is -0.503 e. The summed E-state index contributed by atoms with van der Waals surface area (Å²) in [6, 6.07) is 13.0. The van der Waals surface area contributed by atoms with Crippen molar-refractivity contribution in [1.29, 1.82) is 0 Å². The Kier molecular flexibility index (Phi) is 6.72. The third-order valence-corrected chi connectivity index (χ3v) is 5.77. The van der Waals surface area contributed by atoms with Crippen molar-refractivity contribution in [2.75, 3.05) is 4.90 Å². The van der Waals surface area contributed by atoms with Gasteiger partial charge in [-0.1, -0.05) is 50.2 Å². The van der Waals surface area contributed by atoms with Crippen molar-refractivity contribution in [3.63, 3.8) is 0 Å². The van der Waals surface area contributed by atoms with Crippen LogP contribution in [0.25, 0.3) is 0 Å². The van der Waals surface area contributed by atoms with E-state index in [2.05, 4.69) is 20.9 Å². The summed E-state index contributed by atoms with van der Waals surface area (Å²) in [4.78, 5) is 27.8. The van der Waals surface area contributed by atoms with Crippen LogP contribution >= 0.6 is 0 Å². The van der Waals surface area contributed by atoms with Crippen LogP contribution in [0.4, 0.5) is 19.0 Å². The number of aliphatic hydroxyl groups excluding tert-OH is 1. The Bertz CT molecular complexity index is 1410. The quantitative estimate of drug-likeness (QED) is 0.361. The van der Waals surface area contributed by atoms with E-state index >= 15 is 0 Å².